The SMILES string of the molecule is CC(C)(C)CC(C)(C)N=CC(C#N)C#N. The van der Waals surface area contributed by atoms with Gasteiger partial charge in [0.1, 0.15) is 0 Å². The minimum absolute atomic E-state index is 0.190. The quantitative estimate of drug-likeness (QED) is 0.665. The van der Waals surface area contributed by atoms with Gasteiger partial charge in [0.2, 0.25) is 0 Å². The Balaban J connectivity index is 4.53. The van der Waals surface area contributed by atoms with E-state index in [1.807, 2.05) is 26.0 Å². The normalized spacial score (nSPS) is 12.8. The Hall–Kier alpha value is -1.35. The first-order valence-corrected chi connectivity index (χ1v) is 5.05. The van der Waals surface area contributed by atoms with Gasteiger partial charge in [-0.1, -0.05) is 20.8 Å². The van der Waals surface area contributed by atoms with Gasteiger partial charge in [-0.3, -0.25) is 4.99 Å². The van der Waals surface area contributed by atoms with Crippen molar-refractivity contribution in [3.05, 3.63) is 0 Å². The summed E-state index contributed by atoms with van der Waals surface area (Å²) >= 11 is 0. The highest BCUT2D eigenvalue weighted by atomic mass is 14.8. The zero-order valence-corrected chi connectivity index (χ0v) is 10.2. The van der Waals surface area contributed by atoms with Crippen LogP contribution in [0.15, 0.2) is 4.99 Å². The lowest BCUT2D eigenvalue weighted by Crippen LogP contribution is -2.25. The Morgan fingerprint density at radius 2 is 1.60 bits per heavy atom. The predicted molar refractivity (Wildman–Crippen MR) is 61.4 cm³/mol. The molecule has 0 aliphatic heterocycles. The third-order valence-corrected chi connectivity index (χ3v) is 1.81. The second kappa shape index (κ2) is 4.94. The third kappa shape index (κ3) is 6.69. The van der Waals surface area contributed by atoms with Crippen LogP contribution in [0.25, 0.3) is 0 Å². The lowest BCUT2D eigenvalue weighted by molar-refractivity contribution is 0.288. The molecule has 0 N–H and O–H groups in total. The van der Waals surface area contributed by atoms with Crippen molar-refractivity contribution in [2.75, 3.05) is 0 Å². The van der Waals surface area contributed by atoms with Crippen LogP contribution in [0.2, 0.25) is 0 Å². The molecule has 0 saturated heterocycles. The zero-order chi connectivity index (χ0) is 12.1. The van der Waals surface area contributed by atoms with Gasteiger partial charge in [-0.15, -0.1) is 0 Å². The molecule has 3 nitrogen and oxygen atoms in total. The van der Waals surface area contributed by atoms with Crippen LogP contribution in [-0.2, 0) is 0 Å². The van der Waals surface area contributed by atoms with Crippen molar-refractivity contribution < 1.29 is 0 Å². The second-order valence-corrected chi connectivity index (χ2v) is 5.56. The van der Waals surface area contributed by atoms with Gasteiger partial charge in [0.05, 0.1) is 17.7 Å². The standard InChI is InChI=1S/C12H19N3/c1-11(2,3)9-12(4,5)15-8-10(6-13)7-14/h8,10H,9H2,1-5H3. The maximum absolute atomic E-state index is 8.59. The minimum Gasteiger partial charge on any atom is -0.289 e. The summed E-state index contributed by atoms with van der Waals surface area (Å²) in [5, 5.41) is 17.2. The van der Waals surface area contributed by atoms with Crippen LogP contribution in [0.5, 0.6) is 0 Å². The Morgan fingerprint density at radius 3 is 1.93 bits per heavy atom. The molecule has 0 aliphatic carbocycles. The Morgan fingerprint density at radius 1 is 1.13 bits per heavy atom. The summed E-state index contributed by atoms with van der Waals surface area (Å²) in [5.74, 6) is -0.732. The number of nitriles is 2. The summed E-state index contributed by atoms with van der Waals surface area (Å²) in [4.78, 5) is 4.31. The summed E-state index contributed by atoms with van der Waals surface area (Å²) in [7, 11) is 0. The van der Waals surface area contributed by atoms with E-state index in [0.717, 1.165) is 6.42 Å². The molecule has 3 heteroatoms. The number of hydrogen-bond donors (Lipinski definition) is 0. The van der Waals surface area contributed by atoms with Crippen LogP contribution in [0.3, 0.4) is 0 Å². The fourth-order valence-corrected chi connectivity index (χ4v) is 1.72. The van der Waals surface area contributed by atoms with Gasteiger partial charge >= 0.3 is 0 Å². The molecular formula is C12H19N3. The summed E-state index contributed by atoms with van der Waals surface area (Å²) in [6.45, 7) is 10.5. The molecule has 0 spiro atoms. The number of nitrogens with zero attached hydrogens (tertiary/aromatic N) is 3. The average molecular weight is 205 g/mol. The van der Waals surface area contributed by atoms with E-state index in [9.17, 15) is 0 Å². The maximum atomic E-state index is 8.59. The summed E-state index contributed by atoms with van der Waals surface area (Å²) < 4.78 is 0. The third-order valence-electron chi connectivity index (χ3n) is 1.81. The molecule has 0 amide bonds. The molecule has 0 rings (SSSR count). The fraction of sp³-hybridized carbons (Fsp3) is 0.750. The molecule has 0 aliphatic rings. The van der Waals surface area contributed by atoms with E-state index in [1.54, 1.807) is 0 Å². The average Bonchev–Trinajstić information content (AvgIpc) is 2.01. The highest BCUT2D eigenvalue weighted by Gasteiger charge is 2.24. The molecule has 0 unspecified atom stereocenters. The Labute approximate surface area is 92.4 Å². The number of rotatable bonds is 3. The van der Waals surface area contributed by atoms with Crippen molar-refractivity contribution >= 4 is 6.21 Å². The van der Waals surface area contributed by atoms with Crippen molar-refractivity contribution in [3.8, 4) is 12.1 Å². The van der Waals surface area contributed by atoms with E-state index in [4.69, 9.17) is 10.5 Å². The van der Waals surface area contributed by atoms with Gasteiger partial charge < -0.3 is 0 Å². The van der Waals surface area contributed by atoms with E-state index < -0.39 is 5.92 Å². The van der Waals surface area contributed by atoms with Crippen LogP contribution in [0.4, 0.5) is 0 Å². The first-order valence-electron chi connectivity index (χ1n) is 5.05. The van der Waals surface area contributed by atoms with Gasteiger partial charge in [0.25, 0.3) is 0 Å². The number of aliphatic imine (C=N–C) groups is 1. The van der Waals surface area contributed by atoms with Crippen LogP contribution in [0.1, 0.15) is 41.0 Å². The number of hydrogen-bond acceptors (Lipinski definition) is 3. The van der Waals surface area contributed by atoms with Crippen LogP contribution < -0.4 is 0 Å². The van der Waals surface area contributed by atoms with Crippen LogP contribution in [0, 0.1) is 34.0 Å². The van der Waals surface area contributed by atoms with E-state index in [-0.39, 0.29) is 11.0 Å². The summed E-state index contributed by atoms with van der Waals surface area (Å²) in [5.41, 5.74) is -0.0280. The monoisotopic (exact) mass is 205 g/mol. The van der Waals surface area contributed by atoms with Gasteiger partial charge in [0, 0.05) is 6.21 Å². The van der Waals surface area contributed by atoms with Crippen molar-refractivity contribution in [3.63, 3.8) is 0 Å². The first-order chi connectivity index (χ1) is 6.70. The van der Waals surface area contributed by atoms with Crippen molar-refractivity contribution in [1.82, 2.24) is 0 Å². The molecule has 82 valence electrons. The molecule has 0 saturated carbocycles. The first kappa shape index (κ1) is 13.7. The Kier molecular flexibility index (Phi) is 4.49. The molecule has 0 radical (unpaired) electrons. The van der Waals surface area contributed by atoms with Crippen LogP contribution in [-0.4, -0.2) is 11.8 Å². The summed E-state index contributed by atoms with van der Waals surface area (Å²) in [6, 6.07) is 3.75. The van der Waals surface area contributed by atoms with Gasteiger partial charge in [-0.05, 0) is 25.7 Å². The van der Waals surface area contributed by atoms with Gasteiger partial charge in [0.15, 0.2) is 5.92 Å². The lowest BCUT2D eigenvalue weighted by atomic mass is 9.82. The Bertz CT molecular complexity index is 293. The highest BCUT2D eigenvalue weighted by Crippen LogP contribution is 2.29. The molecule has 15 heavy (non-hydrogen) atoms. The van der Waals surface area contributed by atoms with E-state index in [0.29, 0.717) is 0 Å². The smallest absolute Gasteiger partial charge is 0.167 e. The topological polar surface area (TPSA) is 59.9 Å². The lowest BCUT2D eigenvalue weighted by Gasteiger charge is -2.29. The predicted octanol–water partition coefficient (Wildman–Crippen LogP) is 2.94. The molecule has 0 heterocycles. The molecule has 0 bridgehead atoms. The highest BCUT2D eigenvalue weighted by molar-refractivity contribution is 5.68. The molecular weight excluding hydrogens is 186 g/mol. The summed E-state index contributed by atoms with van der Waals surface area (Å²) in [6.07, 6.45) is 2.37. The molecule has 0 atom stereocenters. The second-order valence-electron chi connectivity index (χ2n) is 5.56. The van der Waals surface area contributed by atoms with E-state index in [1.165, 1.54) is 6.21 Å². The van der Waals surface area contributed by atoms with Crippen molar-refractivity contribution in [2.24, 2.45) is 16.3 Å². The van der Waals surface area contributed by atoms with Crippen LogP contribution >= 0.6 is 0 Å². The molecule has 0 fully saturated rings. The largest absolute Gasteiger partial charge is 0.289 e. The molecule has 0 aromatic rings. The fourth-order valence-electron chi connectivity index (χ4n) is 1.72. The zero-order valence-electron chi connectivity index (χ0n) is 10.2. The molecule has 0 aromatic heterocycles. The van der Waals surface area contributed by atoms with Crippen molar-refractivity contribution in [1.29, 1.82) is 10.5 Å². The van der Waals surface area contributed by atoms with E-state index in [2.05, 4.69) is 25.8 Å². The molecule has 0 aromatic carbocycles. The van der Waals surface area contributed by atoms with Crippen molar-refractivity contribution in [2.45, 2.75) is 46.6 Å². The minimum atomic E-state index is -0.732. The van der Waals surface area contributed by atoms with Gasteiger partial charge in [-0.25, -0.2) is 0 Å². The van der Waals surface area contributed by atoms with E-state index >= 15 is 0 Å². The maximum Gasteiger partial charge on any atom is 0.167 e. The van der Waals surface area contributed by atoms with Gasteiger partial charge in [-0.2, -0.15) is 10.5 Å².